The van der Waals surface area contributed by atoms with Crippen LogP contribution < -0.4 is 9.62 Å². The minimum Gasteiger partial charge on any atom is -0.354 e. The lowest BCUT2D eigenvalue weighted by Gasteiger charge is -2.31. The van der Waals surface area contributed by atoms with Crippen molar-refractivity contribution in [3.8, 4) is 0 Å². The average Bonchev–Trinajstić information content (AvgIpc) is 2.81. The molecule has 37 heavy (non-hydrogen) atoms. The predicted octanol–water partition coefficient (Wildman–Crippen LogP) is 5.77. The third-order valence-electron chi connectivity index (χ3n) is 5.66. The fraction of sp³-hybridized carbons (Fsp3) is 0.462. The van der Waals surface area contributed by atoms with Gasteiger partial charge in [0.1, 0.15) is 6.04 Å². The summed E-state index contributed by atoms with van der Waals surface area (Å²) in [4.78, 5) is 28.0. The molecular weight excluding hydrogens is 557 g/mol. The van der Waals surface area contributed by atoms with Crippen molar-refractivity contribution >= 4 is 62.3 Å². The molecule has 0 unspecified atom stereocenters. The highest BCUT2D eigenvalue weighted by atomic mass is 35.5. The number of amides is 2. The molecule has 0 spiro atoms. The van der Waals surface area contributed by atoms with Gasteiger partial charge in [0.25, 0.3) is 0 Å². The lowest BCUT2D eigenvalue weighted by atomic mass is 10.1. The van der Waals surface area contributed by atoms with E-state index in [1.54, 1.807) is 42.5 Å². The van der Waals surface area contributed by atoms with E-state index in [9.17, 15) is 18.0 Å². The molecule has 2 amide bonds. The number of carbonyl (C=O) groups is 2. The Kier molecular flexibility index (Phi) is 12.0. The molecule has 2 rings (SSSR count). The number of benzene rings is 2. The summed E-state index contributed by atoms with van der Waals surface area (Å²) in [5.41, 5.74) is 1.16. The summed E-state index contributed by atoms with van der Waals surface area (Å²) >= 11 is 18.3. The maximum Gasteiger partial charge on any atom is 0.242 e. The van der Waals surface area contributed by atoms with Crippen molar-refractivity contribution in [1.82, 2.24) is 10.2 Å². The second-order valence-electron chi connectivity index (χ2n) is 9.25. The zero-order valence-electron chi connectivity index (χ0n) is 21.5. The van der Waals surface area contributed by atoms with E-state index in [1.165, 1.54) is 9.21 Å². The van der Waals surface area contributed by atoms with E-state index >= 15 is 0 Å². The fourth-order valence-corrected chi connectivity index (χ4v) is 5.27. The lowest BCUT2D eigenvalue weighted by Crippen LogP contribution is -2.49. The van der Waals surface area contributed by atoms with Gasteiger partial charge in [0.05, 0.1) is 22.0 Å². The van der Waals surface area contributed by atoms with Gasteiger partial charge >= 0.3 is 0 Å². The molecule has 1 N–H and O–H groups in total. The second-order valence-corrected chi connectivity index (χ2v) is 12.4. The third-order valence-corrected chi connectivity index (χ3v) is 7.82. The molecule has 7 nitrogen and oxygen atoms in total. The molecule has 0 aliphatic heterocycles. The number of hydrogen-bond acceptors (Lipinski definition) is 4. The molecule has 11 heteroatoms. The molecule has 1 atom stereocenters. The molecule has 2 aromatic rings. The zero-order valence-corrected chi connectivity index (χ0v) is 24.6. The minimum atomic E-state index is -3.60. The first kappa shape index (κ1) is 31.2. The standard InChI is InChI=1S/C26H34Cl3N3O4S/c1-5-24(26(34)30-16-18(2)3)31(17-19-11-12-22(28)23(29)14-19)25(33)10-7-13-32(37(4,35)36)21-9-6-8-20(27)15-21/h6,8-9,11-12,14-15,18,24H,5,7,10,13,16-17H2,1-4H3,(H,30,34)/t24-/m1/s1. The summed E-state index contributed by atoms with van der Waals surface area (Å²) in [6, 6.07) is 10.9. The Balaban J connectivity index is 2.24. The van der Waals surface area contributed by atoms with E-state index < -0.39 is 16.1 Å². The maximum atomic E-state index is 13.5. The van der Waals surface area contributed by atoms with Gasteiger partial charge in [0.2, 0.25) is 21.8 Å². The molecule has 2 aromatic carbocycles. The summed E-state index contributed by atoms with van der Waals surface area (Å²) in [6.07, 6.45) is 1.82. The van der Waals surface area contributed by atoms with Crippen LogP contribution in [0.25, 0.3) is 0 Å². The van der Waals surface area contributed by atoms with Crippen molar-refractivity contribution in [2.45, 2.75) is 52.6 Å². The third kappa shape index (κ3) is 9.67. The smallest absolute Gasteiger partial charge is 0.242 e. The van der Waals surface area contributed by atoms with Crippen LogP contribution in [0.2, 0.25) is 15.1 Å². The van der Waals surface area contributed by atoms with Crippen LogP contribution in [0.15, 0.2) is 42.5 Å². The fourth-order valence-electron chi connectivity index (χ4n) is 3.81. The number of rotatable bonds is 13. The van der Waals surface area contributed by atoms with Gasteiger partial charge < -0.3 is 10.2 Å². The van der Waals surface area contributed by atoms with E-state index in [1.807, 2.05) is 20.8 Å². The van der Waals surface area contributed by atoms with Crippen molar-refractivity contribution in [3.05, 3.63) is 63.1 Å². The largest absolute Gasteiger partial charge is 0.354 e. The summed E-state index contributed by atoms with van der Waals surface area (Å²) in [6.45, 7) is 6.57. The van der Waals surface area contributed by atoms with Gasteiger partial charge in [-0.3, -0.25) is 13.9 Å². The predicted molar refractivity (Wildman–Crippen MR) is 152 cm³/mol. The van der Waals surface area contributed by atoms with Gasteiger partial charge in [0, 0.05) is 31.1 Å². The molecule has 204 valence electrons. The van der Waals surface area contributed by atoms with Gasteiger partial charge in [-0.2, -0.15) is 0 Å². The lowest BCUT2D eigenvalue weighted by molar-refractivity contribution is -0.141. The van der Waals surface area contributed by atoms with Crippen molar-refractivity contribution in [2.75, 3.05) is 23.7 Å². The Labute approximate surface area is 235 Å². The van der Waals surface area contributed by atoms with Crippen LogP contribution in [0.5, 0.6) is 0 Å². The van der Waals surface area contributed by atoms with Crippen molar-refractivity contribution < 1.29 is 18.0 Å². The molecule has 0 bridgehead atoms. The topological polar surface area (TPSA) is 86.8 Å². The second kappa shape index (κ2) is 14.2. The molecular formula is C26H34Cl3N3O4S. The highest BCUT2D eigenvalue weighted by Crippen LogP contribution is 2.25. The Morgan fingerprint density at radius 1 is 1.03 bits per heavy atom. The van der Waals surface area contributed by atoms with Crippen LogP contribution in [0.3, 0.4) is 0 Å². The summed E-state index contributed by atoms with van der Waals surface area (Å²) in [7, 11) is -3.60. The number of hydrogen-bond donors (Lipinski definition) is 1. The summed E-state index contributed by atoms with van der Waals surface area (Å²) < 4.78 is 26.1. The first-order chi connectivity index (χ1) is 17.3. The van der Waals surface area contributed by atoms with Crippen LogP contribution in [0.4, 0.5) is 5.69 Å². The molecule has 0 aliphatic rings. The average molecular weight is 591 g/mol. The molecule has 0 saturated carbocycles. The number of anilines is 1. The maximum absolute atomic E-state index is 13.5. The van der Waals surface area contributed by atoms with E-state index in [4.69, 9.17) is 34.8 Å². The number of halogens is 3. The number of nitrogens with one attached hydrogen (secondary N) is 1. The van der Waals surface area contributed by atoms with Crippen molar-refractivity contribution in [1.29, 1.82) is 0 Å². The summed E-state index contributed by atoms with van der Waals surface area (Å²) in [5.74, 6) is -0.243. The van der Waals surface area contributed by atoms with Gasteiger partial charge in [-0.15, -0.1) is 0 Å². The van der Waals surface area contributed by atoms with E-state index in [2.05, 4.69) is 5.32 Å². The highest BCUT2D eigenvalue weighted by molar-refractivity contribution is 7.92. The highest BCUT2D eigenvalue weighted by Gasteiger charge is 2.29. The summed E-state index contributed by atoms with van der Waals surface area (Å²) in [5, 5.41) is 4.08. The molecule has 0 saturated heterocycles. The van der Waals surface area contributed by atoms with Gasteiger partial charge in [-0.05, 0) is 54.7 Å². The Bertz CT molecular complexity index is 1190. The van der Waals surface area contributed by atoms with Crippen LogP contribution in [0, 0.1) is 5.92 Å². The first-order valence-corrected chi connectivity index (χ1v) is 15.1. The number of nitrogens with zero attached hydrogens (tertiary/aromatic N) is 2. The van der Waals surface area contributed by atoms with Crippen molar-refractivity contribution in [2.24, 2.45) is 5.92 Å². The monoisotopic (exact) mass is 589 g/mol. The van der Waals surface area contributed by atoms with Crippen molar-refractivity contribution in [3.63, 3.8) is 0 Å². The zero-order chi connectivity index (χ0) is 27.8. The number of sulfonamides is 1. The quantitative estimate of drug-likeness (QED) is 0.321. The van der Waals surface area contributed by atoms with Crippen LogP contribution >= 0.6 is 34.8 Å². The molecule has 0 radical (unpaired) electrons. The first-order valence-electron chi connectivity index (χ1n) is 12.1. The minimum absolute atomic E-state index is 0.0435. The SMILES string of the molecule is CC[C@H](C(=O)NCC(C)C)N(Cc1ccc(Cl)c(Cl)c1)C(=O)CCCN(c1cccc(Cl)c1)S(C)(=O)=O. The molecule has 0 aromatic heterocycles. The van der Waals surface area contributed by atoms with E-state index in [-0.39, 0.29) is 43.7 Å². The van der Waals surface area contributed by atoms with Crippen LogP contribution in [-0.2, 0) is 26.2 Å². The van der Waals surface area contributed by atoms with Gasteiger partial charge in [0.15, 0.2) is 0 Å². The normalized spacial score (nSPS) is 12.3. The van der Waals surface area contributed by atoms with Gasteiger partial charge in [-0.1, -0.05) is 67.7 Å². The molecule has 0 heterocycles. The molecule has 0 aliphatic carbocycles. The van der Waals surface area contributed by atoms with Crippen LogP contribution in [-0.4, -0.2) is 50.5 Å². The Morgan fingerprint density at radius 3 is 2.30 bits per heavy atom. The Hall–Kier alpha value is -2.00. The van der Waals surface area contributed by atoms with E-state index in [0.29, 0.717) is 33.7 Å². The van der Waals surface area contributed by atoms with Gasteiger partial charge in [-0.25, -0.2) is 8.42 Å². The Morgan fingerprint density at radius 2 is 1.73 bits per heavy atom. The molecule has 0 fully saturated rings. The van der Waals surface area contributed by atoms with E-state index in [0.717, 1.165) is 11.8 Å². The van der Waals surface area contributed by atoms with Crippen LogP contribution in [0.1, 0.15) is 45.6 Å². The number of carbonyl (C=O) groups excluding carboxylic acids is 2.